The molecule has 96 valence electrons. The van der Waals surface area contributed by atoms with E-state index >= 15 is 0 Å². The van der Waals surface area contributed by atoms with Gasteiger partial charge in [-0.15, -0.1) is 0 Å². The summed E-state index contributed by atoms with van der Waals surface area (Å²) in [5.41, 5.74) is 3.49. The normalized spacial score (nSPS) is 28.0. The number of thioether (sulfide) groups is 4. The second-order valence-corrected chi connectivity index (χ2v) is 10.3. The summed E-state index contributed by atoms with van der Waals surface area (Å²) in [7, 11) is 0. The third kappa shape index (κ3) is 2.23. The fourth-order valence-corrected chi connectivity index (χ4v) is 9.59. The summed E-state index contributed by atoms with van der Waals surface area (Å²) < 4.78 is 6.45. The predicted molar refractivity (Wildman–Crippen MR) is 88.4 cm³/mol. The number of hydrogen-bond donors (Lipinski definition) is 0. The molecule has 0 unspecified atom stereocenters. The minimum atomic E-state index is 1.36. The van der Waals surface area contributed by atoms with Gasteiger partial charge < -0.3 is 0 Å². The molecule has 18 heavy (non-hydrogen) atoms. The van der Waals surface area contributed by atoms with Crippen molar-refractivity contribution in [1.82, 2.24) is 0 Å². The van der Waals surface area contributed by atoms with Crippen LogP contribution in [0.2, 0.25) is 0 Å². The van der Waals surface area contributed by atoms with Gasteiger partial charge in [0.15, 0.2) is 0 Å². The predicted octanol–water partition coefficient (Wildman–Crippen LogP) is 6.64. The van der Waals surface area contributed by atoms with E-state index in [1.165, 1.54) is 51.4 Å². The minimum absolute atomic E-state index is 1.36. The third-order valence-electron chi connectivity index (χ3n) is 3.90. The van der Waals surface area contributed by atoms with Crippen LogP contribution in [-0.2, 0) is 0 Å². The molecular weight excluding hydrogens is 296 g/mol. The molecule has 0 aromatic carbocycles. The van der Waals surface area contributed by atoms with Gasteiger partial charge in [0.25, 0.3) is 0 Å². The van der Waals surface area contributed by atoms with Crippen LogP contribution < -0.4 is 0 Å². The van der Waals surface area contributed by atoms with E-state index in [1.807, 2.05) is 0 Å². The first kappa shape index (κ1) is 12.4. The molecule has 0 radical (unpaired) electrons. The number of rotatable bonds is 0. The molecule has 2 heterocycles. The molecule has 0 bridgehead atoms. The topological polar surface area (TPSA) is 0 Å². The Morgan fingerprint density at radius 2 is 0.778 bits per heavy atom. The summed E-state index contributed by atoms with van der Waals surface area (Å²) in [6.45, 7) is 0. The maximum atomic E-state index is 2.07. The average Bonchev–Trinajstić information content (AvgIpc) is 3.13. The highest BCUT2D eigenvalue weighted by atomic mass is 32.3. The minimum Gasteiger partial charge on any atom is -0.0736 e. The van der Waals surface area contributed by atoms with Gasteiger partial charge in [0.05, 0.1) is 16.9 Å². The molecule has 0 aromatic rings. The maximum absolute atomic E-state index is 2.07. The highest BCUT2D eigenvalue weighted by Gasteiger charge is 2.33. The molecule has 4 rings (SSSR count). The Kier molecular flexibility index (Phi) is 3.57. The Morgan fingerprint density at radius 1 is 0.444 bits per heavy atom. The van der Waals surface area contributed by atoms with Crippen molar-refractivity contribution in [3.63, 3.8) is 0 Å². The van der Waals surface area contributed by atoms with Gasteiger partial charge >= 0.3 is 0 Å². The molecule has 0 saturated heterocycles. The van der Waals surface area contributed by atoms with Crippen molar-refractivity contribution >= 4 is 47.0 Å². The lowest BCUT2D eigenvalue weighted by Crippen LogP contribution is -1.78. The third-order valence-corrected chi connectivity index (χ3v) is 9.87. The standard InChI is InChI=1S/C14H16S4/c1-2-6-9(5-1)11-15-13-14(16-11)18-12(17-13)10-7-3-4-8-10/h1-8H2. The van der Waals surface area contributed by atoms with E-state index in [9.17, 15) is 0 Å². The van der Waals surface area contributed by atoms with E-state index in [4.69, 9.17) is 0 Å². The molecule has 4 aliphatic rings. The van der Waals surface area contributed by atoms with Crippen molar-refractivity contribution in [2.24, 2.45) is 0 Å². The molecule has 2 fully saturated rings. The molecule has 0 N–H and O–H groups in total. The fourth-order valence-electron chi connectivity index (χ4n) is 2.89. The molecule has 0 atom stereocenters. The molecular formula is C14H16S4. The van der Waals surface area contributed by atoms with Crippen molar-refractivity contribution in [2.45, 2.75) is 51.4 Å². The van der Waals surface area contributed by atoms with E-state index in [2.05, 4.69) is 47.0 Å². The quantitative estimate of drug-likeness (QED) is 0.491. The summed E-state index contributed by atoms with van der Waals surface area (Å²) in [5.74, 6) is 0. The number of hydrogen-bond acceptors (Lipinski definition) is 4. The summed E-state index contributed by atoms with van der Waals surface area (Å²) in [6.07, 6.45) is 11.1. The van der Waals surface area contributed by atoms with Crippen LogP contribution in [0.15, 0.2) is 28.1 Å². The van der Waals surface area contributed by atoms with Crippen molar-refractivity contribution in [3.05, 3.63) is 28.1 Å². The van der Waals surface area contributed by atoms with Crippen molar-refractivity contribution < 1.29 is 0 Å². The number of allylic oxidation sites excluding steroid dienone is 2. The fraction of sp³-hybridized carbons (Fsp3) is 0.571. The first-order valence-electron chi connectivity index (χ1n) is 6.80. The summed E-state index contributed by atoms with van der Waals surface area (Å²) in [6, 6.07) is 0. The highest BCUT2D eigenvalue weighted by Crippen LogP contribution is 2.68. The first-order chi connectivity index (χ1) is 8.90. The van der Waals surface area contributed by atoms with Crippen LogP contribution in [0.1, 0.15) is 51.4 Å². The average molecular weight is 313 g/mol. The van der Waals surface area contributed by atoms with Gasteiger partial charge in [-0.3, -0.25) is 0 Å². The van der Waals surface area contributed by atoms with Crippen LogP contribution in [0, 0.1) is 0 Å². The van der Waals surface area contributed by atoms with Gasteiger partial charge in [0.2, 0.25) is 0 Å². The lowest BCUT2D eigenvalue weighted by molar-refractivity contribution is 0.886. The Morgan fingerprint density at radius 3 is 1.11 bits per heavy atom. The summed E-state index contributed by atoms with van der Waals surface area (Å²) >= 11 is 8.28. The highest BCUT2D eigenvalue weighted by molar-refractivity contribution is 8.48. The second-order valence-electron chi connectivity index (χ2n) is 5.18. The van der Waals surface area contributed by atoms with Crippen LogP contribution in [0.4, 0.5) is 0 Å². The lowest BCUT2D eigenvalue weighted by atomic mass is 10.3. The zero-order chi connectivity index (χ0) is 11.9. The van der Waals surface area contributed by atoms with Gasteiger partial charge in [0, 0.05) is 0 Å². The Bertz CT molecular complexity index is 404. The van der Waals surface area contributed by atoms with Gasteiger partial charge in [-0.05, 0) is 62.5 Å². The van der Waals surface area contributed by atoms with Crippen LogP contribution in [0.25, 0.3) is 0 Å². The second kappa shape index (κ2) is 5.19. The molecule has 0 aromatic heterocycles. The van der Waals surface area contributed by atoms with E-state index in [0.717, 1.165) is 0 Å². The lowest BCUT2D eigenvalue weighted by Gasteiger charge is -2.07. The maximum Gasteiger partial charge on any atom is 0.0716 e. The molecule has 4 heteroatoms. The van der Waals surface area contributed by atoms with E-state index in [0.29, 0.717) is 0 Å². The van der Waals surface area contributed by atoms with Gasteiger partial charge in [-0.2, -0.15) is 0 Å². The zero-order valence-corrected chi connectivity index (χ0v) is 13.6. The largest absolute Gasteiger partial charge is 0.0736 e. The van der Waals surface area contributed by atoms with Gasteiger partial charge in [-0.1, -0.05) is 47.0 Å². The van der Waals surface area contributed by atoms with Gasteiger partial charge in [-0.25, -0.2) is 0 Å². The van der Waals surface area contributed by atoms with Crippen LogP contribution in [0.3, 0.4) is 0 Å². The van der Waals surface area contributed by atoms with E-state index in [1.54, 1.807) is 28.1 Å². The molecule has 0 spiro atoms. The molecule has 0 nitrogen and oxygen atoms in total. The molecule has 2 aliphatic carbocycles. The Balaban J connectivity index is 1.51. The van der Waals surface area contributed by atoms with Crippen LogP contribution >= 0.6 is 47.0 Å². The van der Waals surface area contributed by atoms with Crippen LogP contribution in [-0.4, -0.2) is 0 Å². The van der Waals surface area contributed by atoms with Crippen molar-refractivity contribution in [2.75, 3.05) is 0 Å². The van der Waals surface area contributed by atoms with Crippen LogP contribution in [0.5, 0.6) is 0 Å². The molecule has 2 saturated carbocycles. The Hall–Kier alpha value is 0.620. The smallest absolute Gasteiger partial charge is 0.0716 e. The monoisotopic (exact) mass is 312 g/mol. The zero-order valence-electron chi connectivity index (χ0n) is 10.3. The van der Waals surface area contributed by atoms with Crippen molar-refractivity contribution in [1.29, 1.82) is 0 Å². The van der Waals surface area contributed by atoms with E-state index in [-0.39, 0.29) is 0 Å². The summed E-state index contributed by atoms with van der Waals surface area (Å²) in [4.78, 5) is 0. The Labute approximate surface area is 126 Å². The molecule has 2 aliphatic heterocycles. The van der Waals surface area contributed by atoms with Crippen molar-refractivity contribution in [3.8, 4) is 0 Å². The first-order valence-corrected chi connectivity index (χ1v) is 10.1. The van der Waals surface area contributed by atoms with E-state index < -0.39 is 0 Å². The van der Waals surface area contributed by atoms with Gasteiger partial charge in [0.1, 0.15) is 0 Å². The summed E-state index contributed by atoms with van der Waals surface area (Å²) in [5, 5.41) is 0. The SMILES string of the molecule is C1CCC(=C2SC3=C(S2)SC(=C2CCCC2)S3)C1. The molecule has 0 amide bonds.